The van der Waals surface area contributed by atoms with Crippen molar-refractivity contribution in [2.45, 2.75) is 10.1 Å². The highest BCUT2D eigenvalue weighted by atomic mass is 32.2. The van der Waals surface area contributed by atoms with Gasteiger partial charge >= 0.3 is 5.97 Å². The van der Waals surface area contributed by atoms with Crippen LogP contribution >= 0.6 is 11.8 Å². The van der Waals surface area contributed by atoms with Crippen LogP contribution in [0.15, 0.2) is 52.5 Å². The molecule has 0 unspecified atom stereocenters. The van der Waals surface area contributed by atoms with Gasteiger partial charge in [-0.3, -0.25) is 0 Å². The summed E-state index contributed by atoms with van der Waals surface area (Å²) >= 11 is 1.29. The normalized spacial score (nSPS) is 10.7. The van der Waals surface area contributed by atoms with Gasteiger partial charge in [0.25, 0.3) is 0 Å². The van der Waals surface area contributed by atoms with Crippen LogP contribution in [0.3, 0.4) is 0 Å². The van der Waals surface area contributed by atoms with Gasteiger partial charge in [0.1, 0.15) is 5.75 Å². The number of rotatable bonds is 4. The lowest BCUT2D eigenvalue weighted by Gasteiger charge is -2.02. The SMILES string of the molecule is COc1ccc2nc(Sc3ccccc3C(=O)O)[nH]c2c1. The number of carbonyl (C=O) groups is 1. The van der Waals surface area contributed by atoms with Gasteiger partial charge in [-0.25, -0.2) is 9.78 Å². The molecule has 3 aromatic rings. The van der Waals surface area contributed by atoms with E-state index >= 15 is 0 Å². The molecule has 21 heavy (non-hydrogen) atoms. The van der Waals surface area contributed by atoms with E-state index in [-0.39, 0.29) is 5.56 Å². The van der Waals surface area contributed by atoms with Gasteiger partial charge in [0, 0.05) is 11.0 Å². The van der Waals surface area contributed by atoms with E-state index in [1.165, 1.54) is 11.8 Å². The molecule has 2 N–H and O–H groups in total. The Morgan fingerprint density at radius 2 is 2.10 bits per heavy atom. The monoisotopic (exact) mass is 300 g/mol. The summed E-state index contributed by atoms with van der Waals surface area (Å²) in [6.07, 6.45) is 0. The minimum atomic E-state index is -0.948. The summed E-state index contributed by atoms with van der Waals surface area (Å²) in [5.41, 5.74) is 1.93. The topological polar surface area (TPSA) is 75.2 Å². The zero-order chi connectivity index (χ0) is 14.8. The number of aromatic nitrogens is 2. The maximum absolute atomic E-state index is 11.2. The van der Waals surface area contributed by atoms with Crippen molar-refractivity contribution in [3.63, 3.8) is 0 Å². The maximum Gasteiger partial charge on any atom is 0.336 e. The average Bonchev–Trinajstić information content (AvgIpc) is 2.88. The highest BCUT2D eigenvalue weighted by Crippen LogP contribution is 2.30. The molecular formula is C15H12N2O3S. The van der Waals surface area contributed by atoms with Crippen molar-refractivity contribution in [3.05, 3.63) is 48.0 Å². The number of hydrogen-bond donors (Lipinski definition) is 2. The van der Waals surface area contributed by atoms with Crippen LogP contribution in [0.4, 0.5) is 0 Å². The van der Waals surface area contributed by atoms with E-state index in [1.807, 2.05) is 18.2 Å². The Morgan fingerprint density at radius 3 is 2.86 bits per heavy atom. The van der Waals surface area contributed by atoms with Crippen LogP contribution in [0, 0.1) is 0 Å². The van der Waals surface area contributed by atoms with Gasteiger partial charge in [0.15, 0.2) is 5.16 Å². The maximum atomic E-state index is 11.2. The summed E-state index contributed by atoms with van der Waals surface area (Å²) in [4.78, 5) is 19.5. The van der Waals surface area contributed by atoms with E-state index < -0.39 is 5.97 Å². The van der Waals surface area contributed by atoms with Crippen LogP contribution in [0.25, 0.3) is 11.0 Å². The number of nitrogens with one attached hydrogen (secondary N) is 1. The number of aromatic carboxylic acids is 1. The smallest absolute Gasteiger partial charge is 0.336 e. The third-order valence-corrected chi connectivity index (χ3v) is 3.95. The van der Waals surface area contributed by atoms with Gasteiger partial charge in [-0.2, -0.15) is 0 Å². The molecule has 106 valence electrons. The summed E-state index contributed by atoms with van der Waals surface area (Å²) in [7, 11) is 1.61. The zero-order valence-corrected chi connectivity index (χ0v) is 12.0. The van der Waals surface area contributed by atoms with Gasteiger partial charge < -0.3 is 14.8 Å². The van der Waals surface area contributed by atoms with Crippen molar-refractivity contribution in [1.82, 2.24) is 9.97 Å². The molecular weight excluding hydrogens is 288 g/mol. The molecule has 1 heterocycles. The van der Waals surface area contributed by atoms with E-state index in [4.69, 9.17) is 4.74 Å². The standard InChI is InChI=1S/C15H12N2O3S/c1-20-9-6-7-11-12(8-9)17-15(16-11)21-13-5-3-2-4-10(13)14(18)19/h2-8H,1H3,(H,16,17)(H,18,19). The number of methoxy groups -OCH3 is 1. The minimum Gasteiger partial charge on any atom is -0.497 e. The van der Waals surface area contributed by atoms with Crippen LogP contribution in [-0.4, -0.2) is 28.2 Å². The molecule has 0 saturated heterocycles. The average molecular weight is 300 g/mol. The largest absolute Gasteiger partial charge is 0.497 e. The number of benzene rings is 2. The second-order valence-electron chi connectivity index (χ2n) is 4.33. The fraction of sp³-hybridized carbons (Fsp3) is 0.0667. The fourth-order valence-electron chi connectivity index (χ4n) is 1.98. The van der Waals surface area contributed by atoms with Crippen molar-refractivity contribution in [3.8, 4) is 5.75 Å². The van der Waals surface area contributed by atoms with Crippen molar-refractivity contribution >= 4 is 28.8 Å². The molecule has 6 heteroatoms. The number of H-pyrrole nitrogens is 1. The number of fused-ring (bicyclic) bond motifs is 1. The first-order valence-corrected chi connectivity index (χ1v) is 7.03. The predicted octanol–water partition coefficient (Wildman–Crippen LogP) is 3.42. The van der Waals surface area contributed by atoms with Crippen molar-refractivity contribution in [2.75, 3.05) is 7.11 Å². The molecule has 0 radical (unpaired) electrons. The number of ether oxygens (including phenoxy) is 1. The summed E-state index contributed by atoms with van der Waals surface area (Å²) in [6, 6.07) is 12.4. The van der Waals surface area contributed by atoms with Crippen molar-refractivity contribution in [2.24, 2.45) is 0 Å². The number of aromatic amines is 1. The van der Waals surface area contributed by atoms with Crippen molar-refractivity contribution in [1.29, 1.82) is 0 Å². The lowest BCUT2D eigenvalue weighted by atomic mass is 10.2. The van der Waals surface area contributed by atoms with E-state index in [0.29, 0.717) is 10.1 Å². The quantitative estimate of drug-likeness (QED) is 0.772. The second-order valence-corrected chi connectivity index (χ2v) is 5.36. The van der Waals surface area contributed by atoms with Gasteiger partial charge in [-0.1, -0.05) is 23.9 Å². The van der Waals surface area contributed by atoms with E-state index in [0.717, 1.165) is 16.8 Å². The molecule has 5 nitrogen and oxygen atoms in total. The highest BCUT2D eigenvalue weighted by molar-refractivity contribution is 7.99. The predicted molar refractivity (Wildman–Crippen MR) is 80.2 cm³/mol. The van der Waals surface area contributed by atoms with Crippen LogP contribution < -0.4 is 4.74 Å². The Morgan fingerprint density at radius 1 is 1.29 bits per heavy atom. The Kier molecular flexibility index (Phi) is 3.53. The van der Waals surface area contributed by atoms with Crippen LogP contribution in [0.2, 0.25) is 0 Å². The molecule has 0 aliphatic rings. The van der Waals surface area contributed by atoms with E-state index in [1.54, 1.807) is 31.4 Å². The summed E-state index contributed by atoms with van der Waals surface area (Å²) in [6.45, 7) is 0. The third-order valence-electron chi connectivity index (χ3n) is 2.99. The summed E-state index contributed by atoms with van der Waals surface area (Å²) < 4.78 is 5.17. The molecule has 0 fully saturated rings. The number of hydrogen-bond acceptors (Lipinski definition) is 4. The van der Waals surface area contributed by atoms with Crippen LogP contribution in [0.1, 0.15) is 10.4 Å². The molecule has 1 aromatic heterocycles. The van der Waals surface area contributed by atoms with E-state index in [9.17, 15) is 9.90 Å². The minimum absolute atomic E-state index is 0.264. The lowest BCUT2D eigenvalue weighted by molar-refractivity contribution is 0.0693. The lowest BCUT2D eigenvalue weighted by Crippen LogP contribution is -1.98. The molecule has 0 spiro atoms. The zero-order valence-electron chi connectivity index (χ0n) is 11.2. The fourth-order valence-corrected chi connectivity index (χ4v) is 2.90. The molecule has 3 rings (SSSR count). The van der Waals surface area contributed by atoms with Crippen LogP contribution in [-0.2, 0) is 0 Å². The second kappa shape index (κ2) is 5.49. The Balaban J connectivity index is 1.97. The highest BCUT2D eigenvalue weighted by Gasteiger charge is 2.12. The van der Waals surface area contributed by atoms with Crippen LogP contribution in [0.5, 0.6) is 5.75 Å². The summed E-state index contributed by atoms with van der Waals surface area (Å²) in [5.74, 6) is -0.204. The molecule has 0 atom stereocenters. The molecule has 0 aliphatic carbocycles. The molecule has 0 amide bonds. The van der Waals surface area contributed by atoms with Gasteiger partial charge in [0.05, 0.1) is 23.7 Å². The first kappa shape index (κ1) is 13.5. The Labute approximate surface area is 125 Å². The van der Waals surface area contributed by atoms with Gasteiger partial charge in [0.2, 0.25) is 0 Å². The van der Waals surface area contributed by atoms with Gasteiger partial charge in [-0.15, -0.1) is 0 Å². The molecule has 0 saturated carbocycles. The first-order valence-electron chi connectivity index (χ1n) is 6.21. The Hall–Kier alpha value is -2.47. The number of carboxylic acid groups (broad SMARTS) is 1. The van der Waals surface area contributed by atoms with E-state index in [2.05, 4.69) is 9.97 Å². The number of imidazole rings is 1. The molecule has 0 bridgehead atoms. The number of nitrogens with zero attached hydrogens (tertiary/aromatic N) is 1. The van der Waals surface area contributed by atoms with Gasteiger partial charge in [-0.05, 0) is 24.3 Å². The van der Waals surface area contributed by atoms with Crippen molar-refractivity contribution < 1.29 is 14.6 Å². The Bertz CT molecular complexity index is 814. The molecule has 0 aliphatic heterocycles. The summed E-state index contributed by atoms with van der Waals surface area (Å²) in [5, 5.41) is 9.84. The molecule has 2 aromatic carbocycles. The number of carboxylic acids is 1. The third kappa shape index (κ3) is 2.71. The first-order chi connectivity index (χ1) is 10.2.